The third-order valence-corrected chi connectivity index (χ3v) is 5.94. The van der Waals surface area contributed by atoms with Gasteiger partial charge in [0.15, 0.2) is 0 Å². The van der Waals surface area contributed by atoms with E-state index in [1.165, 1.54) is 12.8 Å². The van der Waals surface area contributed by atoms with E-state index in [4.69, 9.17) is 0 Å². The molecule has 1 aromatic rings. The second-order valence-electron chi connectivity index (χ2n) is 8.03. The Labute approximate surface area is 148 Å². The molecule has 0 spiro atoms. The fraction of sp³-hybridized carbons (Fsp3) is 0.737. The first-order valence-corrected chi connectivity index (χ1v) is 9.73. The van der Waals surface area contributed by atoms with Crippen LogP contribution >= 0.6 is 0 Å². The summed E-state index contributed by atoms with van der Waals surface area (Å²) in [6, 6.07) is 1.74. The summed E-state index contributed by atoms with van der Waals surface area (Å²) >= 11 is 0. The molecule has 1 aromatic heterocycles. The molecule has 1 atom stereocenters. The number of aromatic nitrogens is 2. The first-order chi connectivity index (χ1) is 12.2. The number of hydrogen-bond donors (Lipinski definition) is 1. The molecule has 3 heterocycles. The molecule has 0 aromatic carbocycles. The maximum absolute atomic E-state index is 12.3. The van der Waals surface area contributed by atoms with Crippen molar-refractivity contribution in [3.63, 3.8) is 0 Å². The Morgan fingerprint density at radius 1 is 1.04 bits per heavy atom. The Kier molecular flexibility index (Phi) is 4.88. The van der Waals surface area contributed by atoms with E-state index in [9.17, 15) is 9.59 Å². The molecule has 25 heavy (non-hydrogen) atoms. The number of rotatable bonds is 5. The molecule has 6 nitrogen and oxygen atoms in total. The Hall–Kier alpha value is -1.69. The lowest BCUT2D eigenvalue weighted by molar-refractivity contribution is -0.123. The van der Waals surface area contributed by atoms with Gasteiger partial charge in [-0.15, -0.1) is 0 Å². The van der Waals surface area contributed by atoms with Gasteiger partial charge < -0.3 is 10.2 Å². The summed E-state index contributed by atoms with van der Waals surface area (Å²) in [5, 5.41) is 2.98. The monoisotopic (exact) mass is 344 g/mol. The fourth-order valence-corrected chi connectivity index (χ4v) is 4.11. The van der Waals surface area contributed by atoms with E-state index in [0.29, 0.717) is 24.2 Å². The quantitative estimate of drug-likeness (QED) is 0.876. The topological polar surface area (TPSA) is 67.2 Å². The number of hydrogen-bond acceptors (Lipinski definition) is 4. The lowest BCUT2D eigenvalue weighted by atomic mass is 9.94. The second kappa shape index (κ2) is 7.28. The Morgan fingerprint density at radius 3 is 2.48 bits per heavy atom. The molecule has 1 N–H and O–H groups in total. The van der Waals surface area contributed by atoms with Crippen molar-refractivity contribution >= 4 is 5.91 Å². The van der Waals surface area contributed by atoms with Crippen LogP contribution in [0.2, 0.25) is 0 Å². The van der Waals surface area contributed by atoms with Gasteiger partial charge in [-0.3, -0.25) is 14.2 Å². The molecule has 3 aliphatic rings. The molecule has 2 saturated heterocycles. The Morgan fingerprint density at radius 2 is 1.84 bits per heavy atom. The number of piperidine rings is 2. The summed E-state index contributed by atoms with van der Waals surface area (Å²) in [6.07, 6.45) is 8.08. The van der Waals surface area contributed by atoms with E-state index in [1.54, 1.807) is 17.0 Å². The highest BCUT2D eigenvalue weighted by molar-refractivity contribution is 5.76. The summed E-state index contributed by atoms with van der Waals surface area (Å²) in [5.74, 6) is 1.89. The third kappa shape index (κ3) is 4.29. The van der Waals surface area contributed by atoms with Gasteiger partial charge in [-0.1, -0.05) is 0 Å². The smallest absolute Gasteiger partial charge is 0.253 e. The molecule has 0 radical (unpaired) electrons. The van der Waals surface area contributed by atoms with Gasteiger partial charge in [0.2, 0.25) is 5.91 Å². The number of amides is 1. The SMILES string of the molecule is O=C1CCC(CN2CCC(Cn3cnc(C4CC4)cc3=O)CC2)CN1. The van der Waals surface area contributed by atoms with Crippen molar-refractivity contribution in [3.05, 3.63) is 28.4 Å². The lowest BCUT2D eigenvalue weighted by Crippen LogP contribution is -2.43. The van der Waals surface area contributed by atoms with E-state index in [0.717, 1.165) is 57.7 Å². The van der Waals surface area contributed by atoms with Crippen LogP contribution in [0.3, 0.4) is 0 Å². The Balaban J connectivity index is 1.25. The van der Waals surface area contributed by atoms with Crippen LogP contribution < -0.4 is 10.9 Å². The molecule has 1 unspecified atom stereocenters. The van der Waals surface area contributed by atoms with Gasteiger partial charge >= 0.3 is 0 Å². The number of likely N-dealkylation sites (tertiary alicyclic amines) is 1. The first kappa shape index (κ1) is 16.8. The molecule has 0 bridgehead atoms. The second-order valence-corrected chi connectivity index (χ2v) is 8.03. The van der Waals surface area contributed by atoms with E-state index >= 15 is 0 Å². The van der Waals surface area contributed by atoms with Gasteiger partial charge in [-0.2, -0.15) is 0 Å². The summed E-state index contributed by atoms with van der Waals surface area (Å²) in [7, 11) is 0. The third-order valence-electron chi connectivity index (χ3n) is 5.94. The van der Waals surface area contributed by atoms with Crippen molar-refractivity contribution in [1.82, 2.24) is 19.8 Å². The predicted molar refractivity (Wildman–Crippen MR) is 95.4 cm³/mol. The highest BCUT2D eigenvalue weighted by Gasteiger charge is 2.27. The van der Waals surface area contributed by atoms with Crippen LogP contribution in [0.1, 0.15) is 50.1 Å². The zero-order valence-corrected chi connectivity index (χ0v) is 14.8. The molecule has 136 valence electrons. The van der Waals surface area contributed by atoms with Crippen LogP contribution in [0, 0.1) is 11.8 Å². The maximum atomic E-state index is 12.3. The van der Waals surface area contributed by atoms with Crippen molar-refractivity contribution in [2.24, 2.45) is 11.8 Å². The summed E-state index contributed by atoms with van der Waals surface area (Å²) in [4.78, 5) is 30.5. The number of nitrogens with zero attached hydrogens (tertiary/aromatic N) is 3. The number of carbonyl (C=O) groups is 1. The average Bonchev–Trinajstić information content (AvgIpc) is 3.45. The van der Waals surface area contributed by atoms with Gasteiger partial charge in [-0.05, 0) is 57.0 Å². The normalized spacial score (nSPS) is 25.8. The molecular weight excluding hydrogens is 316 g/mol. The molecule has 1 amide bonds. The van der Waals surface area contributed by atoms with Crippen molar-refractivity contribution in [3.8, 4) is 0 Å². The van der Waals surface area contributed by atoms with Gasteiger partial charge in [0.05, 0.1) is 12.0 Å². The predicted octanol–water partition coefficient (Wildman–Crippen LogP) is 1.36. The standard InChI is InChI=1S/C19H28N4O2/c24-18-4-1-15(10-20-18)11-22-7-5-14(6-8-22)12-23-13-21-17(9-19(23)25)16-2-3-16/h9,13-16H,1-8,10-12H2,(H,20,24). The van der Waals surface area contributed by atoms with Crippen molar-refractivity contribution in [2.45, 2.75) is 51.0 Å². The van der Waals surface area contributed by atoms with Crippen LogP contribution in [0.5, 0.6) is 0 Å². The molecule has 1 saturated carbocycles. The lowest BCUT2D eigenvalue weighted by Gasteiger charge is -2.35. The van der Waals surface area contributed by atoms with Gasteiger partial charge in [0.1, 0.15) is 0 Å². The first-order valence-electron chi connectivity index (χ1n) is 9.73. The van der Waals surface area contributed by atoms with Crippen molar-refractivity contribution in [2.75, 3.05) is 26.2 Å². The average molecular weight is 344 g/mol. The molecule has 4 rings (SSSR count). The zero-order valence-electron chi connectivity index (χ0n) is 14.8. The van der Waals surface area contributed by atoms with Gasteiger partial charge in [0, 0.05) is 38.0 Å². The highest BCUT2D eigenvalue weighted by Crippen LogP contribution is 2.38. The molecule has 2 aliphatic heterocycles. The van der Waals surface area contributed by atoms with Gasteiger partial charge in [0.25, 0.3) is 5.56 Å². The summed E-state index contributed by atoms with van der Waals surface area (Å²) < 4.78 is 1.79. The van der Waals surface area contributed by atoms with Crippen molar-refractivity contribution in [1.29, 1.82) is 0 Å². The Bertz CT molecular complexity index is 664. The minimum atomic E-state index is 0.109. The largest absolute Gasteiger partial charge is 0.356 e. The van der Waals surface area contributed by atoms with E-state index < -0.39 is 0 Å². The summed E-state index contributed by atoms with van der Waals surface area (Å²) in [6.45, 7) is 4.90. The van der Waals surface area contributed by atoms with Crippen LogP contribution in [0.25, 0.3) is 0 Å². The molecule has 1 aliphatic carbocycles. The van der Waals surface area contributed by atoms with E-state index in [-0.39, 0.29) is 11.5 Å². The van der Waals surface area contributed by atoms with E-state index in [2.05, 4.69) is 15.2 Å². The molecule has 6 heteroatoms. The minimum absolute atomic E-state index is 0.109. The highest BCUT2D eigenvalue weighted by atomic mass is 16.1. The van der Waals surface area contributed by atoms with E-state index in [1.807, 2.05) is 0 Å². The number of carbonyl (C=O) groups excluding carboxylic acids is 1. The number of nitrogens with one attached hydrogen (secondary N) is 1. The van der Waals surface area contributed by atoms with Crippen LogP contribution in [0.4, 0.5) is 0 Å². The van der Waals surface area contributed by atoms with Crippen LogP contribution in [0.15, 0.2) is 17.2 Å². The van der Waals surface area contributed by atoms with Crippen molar-refractivity contribution < 1.29 is 4.79 Å². The molecular formula is C19H28N4O2. The fourth-order valence-electron chi connectivity index (χ4n) is 4.11. The van der Waals surface area contributed by atoms with Crippen LogP contribution in [-0.4, -0.2) is 46.5 Å². The minimum Gasteiger partial charge on any atom is -0.356 e. The maximum Gasteiger partial charge on any atom is 0.253 e. The van der Waals surface area contributed by atoms with Crippen LogP contribution in [-0.2, 0) is 11.3 Å². The zero-order chi connectivity index (χ0) is 17.2. The summed E-state index contributed by atoms with van der Waals surface area (Å²) in [5.41, 5.74) is 1.09. The van der Waals surface area contributed by atoms with Gasteiger partial charge in [-0.25, -0.2) is 4.98 Å². The molecule has 3 fully saturated rings.